The molecule has 2 unspecified atom stereocenters. The Labute approximate surface area is 197 Å². The fourth-order valence-electron chi connectivity index (χ4n) is 4.85. The molecule has 2 atom stereocenters. The van der Waals surface area contributed by atoms with Crippen LogP contribution in [0, 0.1) is 11.8 Å². The maximum atomic E-state index is 13.0. The van der Waals surface area contributed by atoms with E-state index in [1.165, 1.54) is 24.8 Å². The third-order valence-corrected chi connectivity index (χ3v) is 7.13. The summed E-state index contributed by atoms with van der Waals surface area (Å²) < 4.78 is 7.40. The van der Waals surface area contributed by atoms with Crippen LogP contribution in [0.3, 0.4) is 0 Å². The molecule has 5 nitrogen and oxygen atoms in total. The molecule has 1 saturated heterocycles. The van der Waals surface area contributed by atoms with Crippen LogP contribution in [0.5, 0.6) is 5.75 Å². The number of fused-ring (bicyclic) bond motifs is 2. The highest BCUT2D eigenvalue weighted by atomic mass is 16.5. The van der Waals surface area contributed by atoms with Gasteiger partial charge in [-0.1, -0.05) is 27.7 Å². The first-order valence-corrected chi connectivity index (χ1v) is 12.6. The lowest BCUT2D eigenvalue weighted by molar-refractivity contribution is 0.288. The normalized spacial score (nSPS) is 20.7. The van der Waals surface area contributed by atoms with Crippen molar-refractivity contribution in [1.82, 2.24) is 9.38 Å². The molecule has 0 aliphatic carbocycles. The van der Waals surface area contributed by atoms with E-state index in [0.29, 0.717) is 5.65 Å². The van der Waals surface area contributed by atoms with Crippen LogP contribution in [0.4, 0.5) is 5.69 Å². The average molecular weight is 448 g/mol. The predicted octanol–water partition coefficient (Wildman–Crippen LogP) is 5.98. The highest BCUT2D eigenvalue weighted by molar-refractivity contribution is 5.65. The highest BCUT2D eigenvalue weighted by Crippen LogP contribution is 2.30. The second-order valence-electron chi connectivity index (χ2n) is 9.24. The minimum atomic E-state index is -0.0372. The van der Waals surface area contributed by atoms with Crippen LogP contribution >= 0.6 is 0 Å². The summed E-state index contributed by atoms with van der Waals surface area (Å²) in [6.45, 7) is 11.6. The van der Waals surface area contributed by atoms with Crippen LogP contribution < -0.4 is 15.2 Å². The van der Waals surface area contributed by atoms with E-state index in [2.05, 4.69) is 30.9 Å². The lowest BCUT2D eigenvalue weighted by atomic mass is 9.87. The summed E-state index contributed by atoms with van der Waals surface area (Å²) >= 11 is 0. The molecule has 0 bridgehead atoms. The predicted molar refractivity (Wildman–Crippen MR) is 136 cm³/mol. The molecule has 0 N–H and O–H groups in total. The summed E-state index contributed by atoms with van der Waals surface area (Å²) in [5.41, 5.74) is 4.65. The van der Waals surface area contributed by atoms with E-state index in [-0.39, 0.29) is 5.56 Å². The third-order valence-electron chi connectivity index (χ3n) is 7.13. The smallest absolute Gasteiger partial charge is 0.258 e. The molecule has 5 rings (SSSR count). The molecule has 0 spiro atoms. The molecular weight excluding hydrogens is 410 g/mol. The SMILES string of the molecule is CC.CC1CCCN(c2ccc3nc(-c4ccc5c(c4)CCCO5)cc(=O)n3c2)CCC1C. The van der Waals surface area contributed by atoms with Crippen LogP contribution in [-0.4, -0.2) is 29.1 Å². The number of rotatable bonds is 2. The molecule has 2 aliphatic heterocycles. The van der Waals surface area contributed by atoms with E-state index >= 15 is 0 Å². The first-order chi connectivity index (χ1) is 16.1. The van der Waals surface area contributed by atoms with Crippen molar-refractivity contribution in [2.45, 2.75) is 59.8 Å². The first kappa shape index (κ1) is 23.3. The van der Waals surface area contributed by atoms with Crippen LogP contribution in [0.25, 0.3) is 16.9 Å². The standard InChI is InChI=1S/C26H31N3O2.C2H6/c1-18-5-3-12-28(13-11-19(18)2)22-8-10-25-27-23(16-26(30)29(25)17-22)20-7-9-24-21(15-20)6-4-14-31-24;1-2/h7-10,15-19H,3-6,11-14H2,1-2H3;1-2H3. The Morgan fingerprint density at radius 1 is 0.970 bits per heavy atom. The quantitative estimate of drug-likeness (QED) is 0.485. The average Bonchev–Trinajstić information content (AvgIpc) is 2.85. The number of hydrogen-bond acceptors (Lipinski definition) is 4. The number of aryl methyl sites for hydroxylation is 1. The molecule has 33 heavy (non-hydrogen) atoms. The van der Waals surface area contributed by atoms with Crippen LogP contribution in [0.2, 0.25) is 0 Å². The van der Waals surface area contributed by atoms with Crippen LogP contribution in [-0.2, 0) is 6.42 Å². The van der Waals surface area contributed by atoms with Crippen molar-refractivity contribution in [3.63, 3.8) is 0 Å². The Balaban J connectivity index is 0.00000126. The Morgan fingerprint density at radius 2 is 1.79 bits per heavy atom. The van der Waals surface area contributed by atoms with Gasteiger partial charge in [-0.2, -0.15) is 0 Å². The zero-order valence-corrected chi connectivity index (χ0v) is 20.5. The Kier molecular flexibility index (Phi) is 7.36. The minimum Gasteiger partial charge on any atom is -0.493 e. The van der Waals surface area contributed by atoms with Gasteiger partial charge in [-0.15, -0.1) is 0 Å². The van der Waals surface area contributed by atoms with Crippen molar-refractivity contribution in [3.05, 3.63) is 58.5 Å². The van der Waals surface area contributed by atoms with Gasteiger partial charge in [-0.25, -0.2) is 4.98 Å². The summed E-state index contributed by atoms with van der Waals surface area (Å²) in [5.74, 6) is 2.48. The lowest BCUT2D eigenvalue weighted by Gasteiger charge is -2.31. The van der Waals surface area contributed by atoms with Gasteiger partial charge in [0, 0.05) is 30.9 Å². The minimum absolute atomic E-state index is 0.0372. The van der Waals surface area contributed by atoms with Crippen LogP contribution in [0.1, 0.15) is 58.9 Å². The number of ether oxygens (including phenoxy) is 1. The van der Waals surface area contributed by atoms with E-state index < -0.39 is 0 Å². The molecule has 2 aliphatic rings. The number of hydrogen-bond donors (Lipinski definition) is 0. The lowest BCUT2D eigenvalue weighted by Crippen LogP contribution is -2.31. The van der Waals surface area contributed by atoms with Gasteiger partial charge in [0.15, 0.2) is 0 Å². The van der Waals surface area contributed by atoms with E-state index in [4.69, 9.17) is 9.72 Å². The van der Waals surface area contributed by atoms with E-state index in [1.807, 2.05) is 38.2 Å². The topological polar surface area (TPSA) is 46.8 Å². The zero-order valence-electron chi connectivity index (χ0n) is 20.5. The van der Waals surface area contributed by atoms with Gasteiger partial charge in [-0.05, 0) is 79.8 Å². The molecule has 5 heteroatoms. The second kappa shape index (κ2) is 10.4. The second-order valence-corrected chi connectivity index (χ2v) is 9.24. The number of benzene rings is 1. The van der Waals surface area contributed by atoms with Gasteiger partial charge in [0.1, 0.15) is 11.4 Å². The fourth-order valence-corrected chi connectivity index (χ4v) is 4.85. The maximum Gasteiger partial charge on any atom is 0.258 e. The van der Waals surface area contributed by atoms with Crippen molar-refractivity contribution in [3.8, 4) is 17.0 Å². The van der Waals surface area contributed by atoms with Gasteiger partial charge in [-0.3, -0.25) is 9.20 Å². The summed E-state index contributed by atoms with van der Waals surface area (Å²) in [6, 6.07) is 11.9. The van der Waals surface area contributed by atoms with Crippen molar-refractivity contribution in [2.24, 2.45) is 11.8 Å². The number of nitrogens with zero attached hydrogens (tertiary/aromatic N) is 3. The summed E-state index contributed by atoms with van der Waals surface area (Å²) in [5, 5.41) is 0. The summed E-state index contributed by atoms with van der Waals surface area (Å²) in [7, 11) is 0. The Bertz CT molecular complexity index is 1150. The molecule has 3 aromatic rings. The molecule has 1 fully saturated rings. The number of anilines is 1. The van der Waals surface area contributed by atoms with Crippen molar-refractivity contribution < 1.29 is 4.74 Å². The van der Waals surface area contributed by atoms with Crippen molar-refractivity contribution >= 4 is 11.3 Å². The van der Waals surface area contributed by atoms with E-state index in [9.17, 15) is 4.79 Å². The number of aromatic nitrogens is 2. The van der Waals surface area contributed by atoms with Gasteiger partial charge < -0.3 is 9.64 Å². The Hall–Kier alpha value is -2.82. The van der Waals surface area contributed by atoms with Crippen molar-refractivity contribution in [1.29, 1.82) is 0 Å². The summed E-state index contributed by atoms with van der Waals surface area (Å²) in [4.78, 5) is 20.2. The molecule has 1 aromatic carbocycles. The molecule has 0 amide bonds. The Morgan fingerprint density at radius 3 is 2.64 bits per heavy atom. The van der Waals surface area contributed by atoms with Gasteiger partial charge in [0.05, 0.1) is 18.0 Å². The largest absolute Gasteiger partial charge is 0.493 e. The molecule has 2 aromatic heterocycles. The number of pyridine rings is 1. The molecule has 176 valence electrons. The van der Waals surface area contributed by atoms with Crippen LogP contribution in [0.15, 0.2) is 47.4 Å². The van der Waals surface area contributed by atoms with E-state index in [1.54, 1.807) is 10.5 Å². The third kappa shape index (κ3) is 5.07. The van der Waals surface area contributed by atoms with Crippen molar-refractivity contribution in [2.75, 3.05) is 24.6 Å². The van der Waals surface area contributed by atoms with Gasteiger partial charge in [0.2, 0.25) is 0 Å². The summed E-state index contributed by atoms with van der Waals surface area (Å²) in [6.07, 6.45) is 7.64. The zero-order chi connectivity index (χ0) is 23.4. The molecule has 0 radical (unpaired) electrons. The van der Waals surface area contributed by atoms with Gasteiger partial charge in [0.25, 0.3) is 5.56 Å². The highest BCUT2D eigenvalue weighted by Gasteiger charge is 2.19. The molecule has 4 heterocycles. The monoisotopic (exact) mass is 447 g/mol. The fraction of sp³-hybridized carbons (Fsp3) is 0.500. The van der Waals surface area contributed by atoms with Gasteiger partial charge >= 0.3 is 0 Å². The molecule has 0 saturated carbocycles. The first-order valence-electron chi connectivity index (χ1n) is 12.6. The molecular formula is C28H37N3O2. The van der Waals surface area contributed by atoms with E-state index in [0.717, 1.165) is 67.1 Å². The maximum absolute atomic E-state index is 13.0.